The Morgan fingerprint density at radius 3 is 2.79 bits per heavy atom. The van der Waals surface area contributed by atoms with Gasteiger partial charge in [-0.05, 0) is 38.3 Å². The molecule has 0 aliphatic carbocycles. The quantitative estimate of drug-likeness (QED) is 0.577. The smallest absolute Gasteiger partial charge is 0.158 e. The van der Waals surface area contributed by atoms with Crippen molar-refractivity contribution in [1.82, 2.24) is 20.3 Å². The monoisotopic (exact) mass is 394 g/mol. The molecule has 2 aliphatic heterocycles. The summed E-state index contributed by atoms with van der Waals surface area (Å²) in [5, 5.41) is 29.0. The minimum Gasteiger partial charge on any atom is -0.391 e. The number of nitriles is 1. The second kappa shape index (κ2) is 9.03. The highest BCUT2D eigenvalue weighted by atomic mass is 16.3. The lowest BCUT2D eigenvalue weighted by Crippen LogP contribution is -2.33. The van der Waals surface area contributed by atoms with Gasteiger partial charge in [-0.2, -0.15) is 5.26 Å². The molecule has 2 atom stereocenters. The van der Waals surface area contributed by atoms with Crippen LogP contribution in [0.15, 0.2) is 24.7 Å². The fraction of sp³-hybridized carbons (Fsp3) is 0.500. The molecule has 2 aliphatic rings. The number of aliphatic hydroxyl groups excluding tert-OH is 1. The van der Waals surface area contributed by atoms with Gasteiger partial charge in [-0.1, -0.05) is 0 Å². The van der Waals surface area contributed by atoms with E-state index in [9.17, 15) is 5.11 Å². The number of hydrogen-bond acceptors (Lipinski definition) is 9. The number of nitrogens with zero attached hydrogens (tertiary/aromatic N) is 5. The number of anilines is 4. The predicted octanol–water partition coefficient (Wildman–Crippen LogP) is 1.47. The summed E-state index contributed by atoms with van der Waals surface area (Å²) in [6.45, 7) is 4.45. The van der Waals surface area contributed by atoms with Gasteiger partial charge in [0.15, 0.2) is 5.69 Å². The number of pyridine rings is 1. The van der Waals surface area contributed by atoms with Gasteiger partial charge in [0.2, 0.25) is 0 Å². The molecule has 0 bridgehead atoms. The fourth-order valence-electron chi connectivity index (χ4n) is 3.80. The lowest BCUT2D eigenvalue weighted by Gasteiger charge is -2.26. The van der Waals surface area contributed by atoms with Crippen LogP contribution in [-0.2, 0) is 0 Å². The van der Waals surface area contributed by atoms with E-state index in [1.54, 1.807) is 0 Å². The predicted molar refractivity (Wildman–Crippen MR) is 111 cm³/mol. The molecular formula is C20H26N8O. The van der Waals surface area contributed by atoms with E-state index in [0.717, 1.165) is 44.0 Å². The molecule has 0 aromatic carbocycles. The van der Waals surface area contributed by atoms with Crippen LogP contribution in [0.5, 0.6) is 0 Å². The van der Waals surface area contributed by atoms with E-state index in [1.165, 1.54) is 25.2 Å². The third-order valence-electron chi connectivity index (χ3n) is 5.39. The molecule has 152 valence electrons. The van der Waals surface area contributed by atoms with E-state index in [2.05, 4.69) is 35.8 Å². The SMILES string of the molecule is N#Cc1cnc(Nc2cc(NC[C@H]3CCCNC3)c(N3CCC(O)C3)cn2)cn1. The van der Waals surface area contributed by atoms with Crippen molar-refractivity contribution < 1.29 is 5.11 Å². The Balaban J connectivity index is 1.52. The van der Waals surface area contributed by atoms with Crippen molar-refractivity contribution in [2.45, 2.75) is 25.4 Å². The minimum absolute atomic E-state index is 0.273. The summed E-state index contributed by atoms with van der Waals surface area (Å²) < 4.78 is 0. The number of aromatic nitrogens is 3. The number of aliphatic hydroxyl groups is 1. The first-order valence-corrected chi connectivity index (χ1v) is 10.1. The minimum atomic E-state index is -0.294. The molecule has 4 heterocycles. The van der Waals surface area contributed by atoms with Gasteiger partial charge in [0.05, 0.1) is 36.1 Å². The Bertz CT molecular complexity index is 860. The maximum Gasteiger partial charge on any atom is 0.158 e. The molecule has 0 radical (unpaired) electrons. The average Bonchev–Trinajstić information content (AvgIpc) is 3.20. The molecule has 0 spiro atoms. The van der Waals surface area contributed by atoms with Crippen LogP contribution in [0.4, 0.5) is 23.0 Å². The van der Waals surface area contributed by atoms with Crippen molar-refractivity contribution >= 4 is 23.0 Å². The molecule has 0 amide bonds. The van der Waals surface area contributed by atoms with E-state index < -0.39 is 0 Å². The van der Waals surface area contributed by atoms with Crippen molar-refractivity contribution in [1.29, 1.82) is 5.26 Å². The molecule has 2 saturated heterocycles. The summed E-state index contributed by atoms with van der Waals surface area (Å²) in [4.78, 5) is 14.9. The molecule has 9 nitrogen and oxygen atoms in total. The third kappa shape index (κ3) is 4.91. The standard InChI is InChI=1S/C20H26N8O/c21-7-15-10-25-20(12-23-15)27-19-6-17(24-9-14-2-1-4-22-8-14)18(11-26-19)28-5-3-16(29)13-28/h6,10-12,14,16,22,29H,1-5,8-9,13H2,(H2,24,25,26,27)/t14-,16?/m0/s1. The van der Waals surface area contributed by atoms with E-state index in [-0.39, 0.29) is 11.8 Å². The van der Waals surface area contributed by atoms with Gasteiger partial charge in [-0.3, -0.25) is 0 Å². The van der Waals surface area contributed by atoms with Crippen molar-refractivity contribution in [2.24, 2.45) is 5.92 Å². The van der Waals surface area contributed by atoms with Crippen molar-refractivity contribution in [3.8, 4) is 6.07 Å². The average molecular weight is 394 g/mol. The number of piperidine rings is 1. The van der Waals surface area contributed by atoms with E-state index in [1.807, 2.05) is 18.3 Å². The Kier molecular flexibility index (Phi) is 6.03. The highest BCUT2D eigenvalue weighted by Crippen LogP contribution is 2.31. The molecule has 0 saturated carbocycles. The van der Waals surface area contributed by atoms with E-state index in [4.69, 9.17) is 5.26 Å². The topological polar surface area (TPSA) is 122 Å². The normalized spacial score (nSPS) is 21.6. The van der Waals surface area contributed by atoms with E-state index in [0.29, 0.717) is 24.1 Å². The summed E-state index contributed by atoms with van der Waals surface area (Å²) >= 11 is 0. The van der Waals surface area contributed by atoms with Gasteiger partial charge in [0.25, 0.3) is 0 Å². The number of β-amino-alcohol motifs (C(OH)–C–C–N with tert-alkyl or cyclic N) is 1. The van der Waals surface area contributed by atoms with Gasteiger partial charge in [-0.25, -0.2) is 15.0 Å². The van der Waals surface area contributed by atoms with Crippen LogP contribution >= 0.6 is 0 Å². The first kappa shape index (κ1) is 19.4. The first-order chi connectivity index (χ1) is 14.2. The molecule has 29 heavy (non-hydrogen) atoms. The summed E-state index contributed by atoms with van der Waals surface area (Å²) in [5.74, 6) is 1.77. The van der Waals surface area contributed by atoms with Crippen LogP contribution < -0.4 is 20.9 Å². The largest absolute Gasteiger partial charge is 0.391 e. The molecule has 2 fully saturated rings. The van der Waals surface area contributed by atoms with E-state index >= 15 is 0 Å². The summed E-state index contributed by atoms with van der Waals surface area (Å²) in [7, 11) is 0. The van der Waals surface area contributed by atoms with Gasteiger partial charge >= 0.3 is 0 Å². The maximum absolute atomic E-state index is 9.94. The molecule has 9 heteroatoms. The highest BCUT2D eigenvalue weighted by Gasteiger charge is 2.23. The Morgan fingerprint density at radius 2 is 2.10 bits per heavy atom. The molecule has 1 unspecified atom stereocenters. The van der Waals surface area contributed by atoms with Crippen LogP contribution in [0.2, 0.25) is 0 Å². The third-order valence-corrected chi connectivity index (χ3v) is 5.39. The van der Waals surface area contributed by atoms with Gasteiger partial charge in [0, 0.05) is 25.7 Å². The zero-order chi connectivity index (χ0) is 20.1. The molecule has 4 rings (SSSR count). The van der Waals surface area contributed by atoms with Crippen LogP contribution in [0.1, 0.15) is 25.0 Å². The molecule has 2 aromatic heterocycles. The zero-order valence-corrected chi connectivity index (χ0v) is 16.3. The second-order valence-electron chi connectivity index (χ2n) is 7.59. The lowest BCUT2D eigenvalue weighted by atomic mass is 10.00. The number of nitrogens with one attached hydrogen (secondary N) is 3. The van der Waals surface area contributed by atoms with Crippen molar-refractivity contribution in [2.75, 3.05) is 48.3 Å². The summed E-state index contributed by atoms with van der Waals surface area (Å²) in [6, 6.07) is 3.93. The number of rotatable bonds is 6. The fourth-order valence-corrected chi connectivity index (χ4v) is 3.80. The van der Waals surface area contributed by atoms with Crippen molar-refractivity contribution in [3.63, 3.8) is 0 Å². The van der Waals surface area contributed by atoms with Crippen molar-refractivity contribution in [3.05, 3.63) is 30.4 Å². The second-order valence-corrected chi connectivity index (χ2v) is 7.59. The molecular weight excluding hydrogens is 368 g/mol. The van der Waals surface area contributed by atoms with Gasteiger partial charge in [-0.15, -0.1) is 0 Å². The Labute approximate surface area is 170 Å². The molecule has 2 aromatic rings. The number of hydrogen-bond donors (Lipinski definition) is 4. The summed E-state index contributed by atoms with van der Waals surface area (Å²) in [6.07, 6.45) is 7.68. The Hall–Kier alpha value is -2.96. The first-order valence-electron chi connectivity index (χ1n) is 10.1. The van der Waals surface area contributed by atoms with Crippen LogP contribution in [0, 0.1) is 17.2 Å². The van der Waals surface area contributed by atoms with Crippen LogP contribution in [-0.4, -0.2) is 58.9 Å². The molecule has 4 N–H and O–H groups in total. The van der Waals surface area contributed by atoms with Gasteiger partial charge in [0.1, 0.15) is 17.7 Å². The maximum atomic E-state index is 9.94. The lowest BCUT2D eigenvalue weighted by molar-refractivity contribution is 0.198. The highest BCUT2D eigenvalue weighted by molar-refractivity contribution is 5.73. The summed E-state index contributed by atoms with van der Waals surface area (Å²) in [5.41, 5.74) is 2.26. The Morgan fingerprint density at radius 1 is 1.21 bits per heavy atom. The van der Waals surface area contributed by atoms with Crippen LogP contribution in [0.3, 0.4) is 0 Å². The van der Waals surface area contributed by atoms with Gasteiger partial charge < -0.3 is 26.0 Å². The van der Waals surface area contributed by atoms with Crippen LogP contribution in [0.25, 0.3) is 0 Å². The zero-order valence-electron chi connectivity index (χ0n) is 16.3.